The highest BCUT2D eigenvalue weighted by atomic mass is 32.1. The summed E-state index contributed by atoms with van der Waals surface area (Å²) in [6.45, 7) is 2.50. The van der Waals surface area contributed by atoms with Crippen LogP contribution in [0.5, 0.6) is 0 Å². The highest BCUT2D eigenvalue weighted by Gasteiger charge is 2.47. The van der Waals surface area contributed by atoms with Crippen LogP contribution in [0.1, 0.15) is 34.4 Å². The van der Waals surface area contributed by atoms with Gasteiger partial charge in [0.25, 0.3) is 11.8 Å². The Morgan fingerprint density at radius 1 is 1.23 bits per heavy atom. The average molecular weight is 513 g/mol. The number of hydrogen-bond acceptors (Lipinski definition) is 7. The van der Waals surface area contributed by atoms with Crippen LogP contribution in [-0.2, 0) is 6.18 Å². The van der Waals surface area contributed by atoms with Gasteiger partial charge in [0.1, 0.15) is 10.7 Å². The van der Waals surface area contributed by atoms with Crippen molar-refractivity contribution in [2.45, 2.75) is 38.4 Å². The van der Waals surface area contributed by atoms with Gasteiger partial charge in [-0.3, -0.25) is 4.79 Å². The Balaban J connectivity index is 1.60. The third-order valence-electron chi connectivity index (χ3n) is 5.63. The largest absolute Gasteiger partial charge is 0.417 e. The van der Waals surface area contributed by atoms with Gasteiger partial charge in [-0.1, -0.05) is 6.92 Å². The van der Waals surface area contributed by atoms with Crippen LogP contribution in [0, 0.1) is 12.8 Å². The second-order valence-corrected chi connectivity index (χ2v) is 9.53. The number of carbonyl (C=O) groups is 1. The molecule has 3 aromatic heterocycles. The second kappa shape index (κ2) is 9.44. The third kappa shape index (κ3) is 5.55. The molecule has 0 spiro atoms. The molecule has 35 heavy (non-hydrogen) atoms. The summed E-state index contributed by atoms with van der Waals surface area (Å²) in [5.41, 5.74) is -0.915. The zero-order valence-electron chi connectivity index (χ0n) is 18.7. The van der Waals surface area contributed by atoms with Gasteiger partial charge in [0.05, 0.1) is 23.2 Å². The van der Waals surface area contributed by atoms with E-state index >= 15 is 0 Å². The van der Waals surface area contributed by atoms with Crippen molar-refractivity contribution in [2.24, 2.45) is 5.92 Å². The van der Waals surface area contributed by atoms with E-state index in [0.717, 1.165) is 17.0 Å². The topological polar surface area (TPSA) is 83.9 Å². The van der Waals surface area contributed by atoms with Gasteiger partial charge in [-0.05, 0) is 31.0 Å². The summed E-state index contributed by atoms with van der Waals surface area (Å²) < 4.78 is 67.4. The molecule has 1 aliphatic heterocycles. The third-order valence-corrected chi connectivity index (χ3v) is 6.60. The van der Waals surface area contributed by atoms with Gasteiger partial charge in [-0.2, -0.15) is 13.2 Å². The van der Waals surface area contributed by atoms with Crippen molar-refractivity contribution in [1.29, 1.82) is 0 Å². The number of halogens is 5. The average Bonchev–Trinajstić information content (AvgIpc) is 3.19. The number of piperidine rings is 1. The lowest BCUT2D eigenvalue weighted by atomic mass is 9.88. The van der Waals surface area contributed by atoms with E-state index in [1.165, 1.54) is 23.7 Å². The molecule has 0 aliphatic carbocycles. The standard InChI is InChI=1S/C22H21F5N6OS/c1-12-8-21(23,24)11-33(15(12)10-31-16-5-4-14(9-30-16)22(25,26)27)20(34)17-18(35-13(2)32-17)19-28-6-3-7-29-19/h3-7,9,12,15H,8,10-11H2,1-2H3,(H,30,31)/t12-,15?/m1/s1. The molecule has 4 heterocycles. The molecule has 0 radical (unpaired) electrons. The number of aryl methyl sites for hydroxylation is 1. The molecule has 1 N–H and O–H groups in total. The minimum absolute atomic E-state index is 0.0127. The Bertz CT molecular complexity index is 1190. The predicted molar refractivity (Wildman–Crippen MR) is 119 cm³/mol. The van der Waals surface area contributed by atoms with Crippen molar-refractivity contribution in [3.05, 3.63) is 53.1 Å². The summed E-state index contributed by atoms with van der Waals surface area (Å²) in [5, 5.41) is 3.43. The molecule has 0 bridgehead atoms. The van der Waals surface area contributed by atoms with Crippen LogP contribution in [0.15, 0.2) is 36.8 Å². The maximum Gasteiger partial charge on any atom is 0.417 e. The number of thiazole rings is 1. The Hall–Kier alpha value is -3.22. The summed E-state index contributed by atoms with van der Waals surface area (Å²) in [4.78, 5) is 31.3. The Kier molecular flexibility index (Phi) is 6.71. The smallest absolute Gasteiger partial charge is 0.368 e. The van der Waals surface area contributed by atoms with E-state index in [0.29, 0.717) is 16.1 Å². The quantitative estimate of drug-likeness (QED) is 0.489. The molecule has 4 rings (SSSR count). The van der Waals surface area contributed by atoms with Gasteiger partial charge >= 0.3 is 6.18 Å². The Morgan fingerprint density at radius 3 is 2.57 bits per heavy atom. The number of hydrogen-bond donors (Lipinski definition) is 1. The first-order valence-electron chi connectivity index (χ1n) is 10.7. The monoisotopic (exact) mass is 512 g/mol. The number of pyridine rings is 1. The summed E-state index contributed by atoms with van der Waals surface area (Å²) in [7, 11) is 0. The lowest BCUT2D eigenvalue weighted by Crippen LogP contribution is -2.57. The first kappa shape index (κ1) is 24.9. The Labute approximate surface area is 201 Å². The number of alkyl halides is 5. The maximum absolute atomic E-state index is 14.5. The molecule has 7 nitrogen and oxygen atoms in total. The van der Waals surface area contributed by atoms with Crippen LogP contribution in [0.2, 0.25) is 0 Å². The zero-order chi connectivity index (χ0) is 25.4. The van der Waals surface area contributed by atoms with Crippen LogP contribution < -0.4 is 5.32 Å². The van der Waals surface area contributed by atoms with Crippen LogP contribution in [0.3, 0.4) is 0 Å². The van der Waals surface area contributed by atoms with Gasteiger partial charge in [0.15, 0.2) is 11.5 Å². The fourth-order valence-corrected chi connectivity index (χ4v) is 4.89. The number of aromatic nitrogens is 4. The van der Waals surface area contributed by atoms with E-state index in [2.05, 4.69) is 25.3 Å². The van der Waals surface area contributed by atoms with E-state index in [9.17, 15) is 26.7 Å². The zero-order valence-corrected chi connectivity index (χ0v) is 19.5. The van der Waals surface area contributed by atoms with Gasteiger partial charge in [0.2, 0.25) is 0 Å². The molecular formula is C22H21F5N6OS. The van der Waals surface area contributed by atoms with Crippen LogP contribution in [-0.4, -0.2) is 55.8 Å². The number of nitrogens with zero attached hydrogens (tertiary/aromatic N) is 5. The molecule has 0 aromatic carbocycles. The van der Waals surface area contributed by atoms with E-state index in [1.54, 1.807) is 19.9 Å². The minimum Gasteiger partial charge on any atom is -0.368 e. The Morgan fingerprint density at radius 2 is 1.94 bits per heavy atom. The number of anilines is 1. The molecular weight excluding hydrogens is 491 g/mol. The van der Waals surface area contributed by atoms with Gasteiger partial charge in [-0.15, -0.1) is 11.3 Å². The molecule has 186 valence electrons. The molecule has 1 unspecified atom stereocenters. The predicted octanol–water partition coefficient (Wildman–Crippen LogP) is 4.92. The van der Waals surface area contributed by atoms with Crippen molar-refractivity contribution >= 4 is 23.1 Å². The van der Waals surface area contributed by atoms with Gasteiger partial charge in [-0.25, -0.2) is 28.7 Å². The molecule has 0 saturated carbocycles. The summed E-state index contributed by atoms with van der Waals surface area (Å²) in [5.74, 6) is -4.00. The first-order chi connectivity index (χ1) is 16.4. The van der Waals surface area contributed by atoms with Crippen molar-refractivity contribution in [3.63, 3.8) is 0 Å². The molecule has 1 saturated heterocycles. The molecule has 13 heteroatoms. The van der Waals surface area contributed by atoms with Crippen molar-refractivity contribution in [3.8, 4) is 10.7 Å². The number of nitrogens with one attached hydrogen (secondary N) is 1. The van der Waals surface area contributed by atoms with Gasteiger partial charge in [0, 0.05) is 31.6 Å². The highest BCUT2D eigenvalue weighted by molar-refractivity contribution is 7.15. The van der Waals surface area contributed by atoms with Gasteiger partial charge < -0.3 is 10.2 Å². The highest BCUT2D eigenvalue weighted by Crippen LogP contribution is 2.37. The summed E-state index contributed by atoms with van der Waals surface area (Å²) in [6, 6.07) is 2.97. The SMILES string of the molecule is Cc1nc(C(=O)N2CC(F)(F)C[C@@H](C)C2CNc2ccc(C(F)(F)F)cn2)c(-c2ncccn2)s1. The number of carbonyl (C=O) groups excluding carboxylic acids is 1. The van der Waals surface area contributed by atoms with E-state index < -0.39 is 48.5 Å². The van der Waals surface area contributed by atoms with Crippen molar-refractivity contribution in [1.82, 2.24) is 24.8 Å². The van der Waals surface area contributed by atoms with Crippen LogP contribution in [0.4, 0.5) is 27.8 Å². The number of rotatable bonds is 5. The normalized spacial score (nSPS) is 20.0. The number of likely N-dealkylation sites (tertiary alicyclic amines) is 1. The van der Waals surface area contributed by atoms with Crippen molar-refractivity contribution in [2.75, 3.05) is 18.4 Å². The fraction of sp³-hybridized carbons (Fsp3) is 0.409. The lowest BCUT2D eigenvalue weighted by molar-refractivity contribution is -0.137. The van der Waals surface area contributed by atoms with E-state index in [-0.39, 0.29) is 23.9 Å². The van der Waals surface area contributed by atoms with Crippen LogP contribution in [0.25, 0.3) is 10.7 Å². The second-order valence-electron chi connectivity index (χ2n) is 8.33. The van der Waals surface area contributed by atoms with E-state index in [1.807, 2.05) is 0 Å². The number of amides is 1. The van der Waals surface area contributed by atoms with Crippen LogP contribution >= 0.6 is 11.3 Å². The first-order valence-corrected chi connectivity index (χ1v) is 11.5. The van der Waals surface area contributed by atoms with Crippen molar-refractivity contribution < 1.29 is 26.7 Å². The minimum atomic E-state index is -4.52. The molecule has 1 aliphatic rings. The lowest BCUT2D eigenvalue weighted by Gasteiger charge is -2.43. The summed E-state index contributed by atoms with van der Waals surface area (Å²) >= 11 is 1.19. The van der Waals surface area contributed by atoms with E-state index in [4.69, 9.17) is 0 Å². The summed E-state index contributed by atoms with van der Waals surface area (Å²) in [6.07, 6.45) is -1.26. The maximum atomic E-state index is 14.5. The molecule has 1 fully saturated rings. The fourth-order valence-electron chi connectivity index (χ4n) is 4.03. The molecule has 3 aromatic rings. The molecule has 1 amide bonds. The molecule has 2 atom stereocenters.